The molecule has 16 heteroatoms. The summed E-state index contributed by atoms with van der Waals surface area (Å²) in [6, 6.07) is 10.7. The van der Waals surface area contributed by atoms with Gasteiger partial charge in [-0.3, -0.25) is 28.6 Å². The number of carbonyl (C=O) groups is 4. The van der Waals surface area contributed by atoms with Gasteiger partial charge in [0.25, 0.3) is 17.7 Å². The standard InChI is InChI=1S/C31H41ClN6O6S3/c1-19-3-8-27-24(15-19)23(20(2)37(27)30(41)21-4-6-22(32)7-5-21)16-28(39)38(43-13-11-34-12-14-44-47)31(42)26(18-46)36-10-9-35-25(17-45)29(33)40/h3-8,15,25-26,34-36,45-47H,9-14,16-18H2,1-2H3,(H2,33,40)/t25-,26-/m0/s1. The topological polar surface area (TPSA) is 157 Å². The molecular weight excluding hydrogens is 684 g/mol. The lowest BCUT2D eigenvalue weighted by Gasteiger charge is -2.25. The summed E-state index contributed by atoms with van der Waals surface area (Å²) in [5, 5.41) is 11.1. The van der Waals surface area contributed by atoms with Crippen LogP contribution in [0.15, 0.2) is 42.5 Å². The first-order chi connectivity index (χ1) is 22.5. The Balaban J connectivity index is 1.88. The summed E-state index contributed by atoms with van der Waals surface area (Å²) in [6.07, 6.45) is -0.220. The van der Waals surface area contributed by atoms with Gasteiger partial charge in [-0.25, -0.2) is 0 Å². The number of fused-ring (bicyclic) bond motifs is 1. The van der Waals surface area contributed by atoms with Crippen LogP contribution in [-0.4, -0.2) is 96.2 Å². The van der Waals surface area contributed by atoms with Gasteiger partial charge in [0, 0.05) is 59.4 Å². The quantitative estimate of drug-likeness (QED) is 0.0426. The van der Waals surface area contributed by atoms with Crippen LogP contribution in [0.25, 0.3) is 10.9 Å². The molecule has 3 rings (SSSR count). The molecule has 0 spiro atoms. The number of aryl methyl sites for hydroxylation is 1. The number of carbonyl (C=O) groups excluding carboxylic acids is 4. The van der Waals surface area contributed by atoms with Crippen LogP contribution in [0, 0.1) is 13.8 Å². The second kappa shape index (κ2) is 19.4. The van der Waals surface area contributed by atoms with Crippen molar-refractivity contribution in [2.75, 3.05) is 50.9 Å². The number of hydrogen-bond acceptors (Lipinski definition) is 12. The molecule has 3 aromatic rings. The Bertz CT molecular complexity index is 1540. The van der Waals surface area contributed by atoms with Crippen molar-refractivity contribution in [3.05, 3.63) is 69.9 Å². The molecule has 0 unspecified atom stereocenters. The summed E-state index contributed by atoms with van der Waals surface area (Å²) in [5.41, 5.74) is 8.49. The number of aromatic nitrogens is 1. The average molecular weight is 725 g/mol. The highest BCUT2D eigenvalue weighted by Crippen LogP contribution is 2.29. The van der Waals surface area contributed by atoms with E-state index >= 15 is 0 Å². The molecule has 0 radical (unpaired) electrons. The van der Waals surface area contributed by atoms with Crippen molar-refractivity contribution < 1.29 is 28.2 Å². The summed E-state index contributed by atoms with van der Waals surface area (Å²) >= 11 is 18.2. The van der Waals surface area contributed by atoms with Gasteiger partial charge in [-0.1, -0.05) is 23.2 Å². The molecule has 0 saturated heterocycles. The van der Waals surface area contributed by atoms with Gasteiger partial charge in [-0.2, -0.15) is 30.3 Å². The predicted molar refractivity (Wildman–Crippen MR) is 192 cm³/mol. The maximum absolute atomic E-state index is 13.9. The number of nitrogens with two attached hydrogens (primary N) is 1. The highest BCUT2D eigenvalue weighted by Gasteiger charge is 2.31. The van der Waals surface area contributed by atoms with Crippen LogP contribution in [0.2, 0.25) is 5.02 Å². The molecule has 0 aliphatic heterocycles. The molecule has 1 aromatic heterocycles. The number of amides is 3. The zero-order valence-electron chi connectivity index (χ0n) is 26.2. The fourth-order valence-corrected chi connectivity index (χ4v) is 5.67. The molecular formula is C31H41ClN6O6S3. The number of nitrogens with zero attached hydrogens (tertiary/aromatic N) is 2. The summed E-state index contributed by atoms with van der Waals surface area (Å²) in [7, 11) is 0. The molecule has 2 aromatic carbocycles. The highest BCUT2D eigenvalue weighted by molar-refractivity contribution is 7.80. The first-order valence-electron chi connectivity index (χ1n) is 14.9. The minimum absolute atomic E-state index is 0.00202. The van der Waals surface area contributed by atoms with E-state index in [9.17, 15) is 19.2 Å². The zero-order valence-corrected chi connectivity index (χ0v) is 29.6. The lowest BCUT2D eigenvalue weighted by Crippen LogP contribution is -2.52. The first kappa shape index (κ1) is 38.8. The molecule has 2 atom stereocenters. The Hall–Kier alpha value is -2.60. The number of halogens is 1. The second-order valence-electron chi connectivity index (χ2n) is 10.6. The van der Waals surface area contributed by atoms with Crippen LogP contribution < -0.4 is 21.7 Å². The molecule has 47 heavy (non-hydrogen) atoms. The van der Waals surface area contributed by atoms with E-state index in [4.69, 9.17) is 26.4 Å². The molecule has 3 amide bonds. The minimum Gasteiger partial charge on any atom is -0.368 e. The Labute approximate surface area is 295 Å². The Morgan fingerprint density at radius 1 is 0.936 bits per heavy atom. The van der Waals surface area contributed by atoms with E-state index in [1.165, 1.54) is 0 Å². The maximum Gasteiger partial charge on any atom is 0.271 e. The van der Waals surface area contributed by atoms with Gasteiger partial charge in [-0.05, 0) is 68.7 Å². The third-order valence-electron chi connectivity index (χ3n) is 7.32. The minimum atomic E-state index is -0.895. The van der Waals surface area contributed by atoms with Crippen molar-refractivity contribution in [2.24, 2.45) is 5.73 Å². The second-order valence-corrected chi connectivity index (χ2v) is 12.1. The molecule has 0 aliphatic carbocycles. The molecule has 0 fully saturated rings. The number of benzene rings is 2. The van der Waals surface area contributed by atoms with E-state index in [0.29, 0.717) is 59.0 Å². The molecule has 0 aliphatic rings. The Morgan fingerprint density at radius 3 is 2.19 bits per heavy atom. The number of imide groups is 1. The van der Waals surface area contributed by atoms with E-state index in [0.717, 1.165) is 10.6 Å². The van der Waals surface area contributed by atoms with E-state index < -0.39 is 29.8 Å². The zero-order chi connectivity index (χ0) is 34.5. The van der Waals surface area contributed by atoms with Crippen molar-refractivity contribution in [3.8, 4) is 0 Å². The van der Waals surface area contributed by atoms with Crippen molar-refractivity contribution in [1.82, 2.24) is 25.6 Å². The van der Waals surface area contributed by atoms with Crippen molar-refractivity contribution in [3.63, 3.8) is 0 Å². The third-order valence-corrected chi connectivity index (χ3v) is 8.49. The van der Waals surface area contributed by atoms with Crippen LogP contribution in [0.4, 0.5) is 0 Å². The van der Waals surface area contributed by atoms with Gasteiger partial charge >= 0.3 is 0 Å². The maximum atomic E-state index is 13.9. The molecule has 256 valence electrons. The van der Waals surface area contributed by atoms with Crippen LogP contribution in [0.1, 0.15) is 27.2 Å². The average Bonchev–Trinajstić information content (AvgIpc) is 3.31. The number of hydrogen-bond donors (Lipinski definition) is 7. The SMILES string of the molecule is Cc1ccc2c(c1)c(CC(=O)N(OCCNCCOS)C(=O)[C@H](CS)NCCN[C@@H](CS)C(N)=O)c(C)n2C(=O)c1ccc(Cl)cc1. The Kier molecular flexibility index (Phi) is 16.0. The number of hydroxylamine groups is 2. The van der Waals surface area contributed by atoms with E-state index in [2.05, 4.69) is 54.1 Å². The van der Waals surface area contributed by atoms with E-state index in [1.54, 1.807) is 35.8 Å². The summed E-state index contributed by atoms with van der Waals surface area (Å²) in [4.78, 5) is 58.6. The van der Waals surface area contributed by atoms with Crippen molar-refractivity contribution in [1.29, 1.82) is 0 Å². The highest BCUT2D eigenvalue weighted by atomic mass is 35.5. The lowest BCUT2D eigenvalue weighted by atomic mass is 10.1. The molecule has 1 heterocycles. The largest absolute Gasteiger partial charge is 0.368 e. The van der Waals surface area contributed by atoms with Crippen molar-refractivity contribution in [2.45, 2.75) is 32.4 Å². The van der Waals surface area contributed by atoms with Gasteiger partial charge in [0.2, 0.25) is 5.91 Å². The van der Waals surface area contributed by atoms with E-state index in [-0.39, 0.29) is 37.0 Å². The molecule has 12 nitrogen and oxygen atoms in total. The van der Waals surface area contributed by atoms with Crippen LogP contribution in [0.3, 0.4) is 0 Å². The lowest BCUT2D eigenvalue weighted by molar-refractivity contribution is -0.195. The summed E-state index contributed by atoms with van der Waals surface area (Å²) in [6.45, 7) is 5.42. The normalized spacial score (nSPS) is 12.6. The van der Waals surface area contributed by atoms with Crippen LogP contribution in [0.5, 0.6) is 0 Å². The van der Waals surface area contributed by atoms with Gasteiger partial charge in [0.1, 0.15) is 0 Å². The molecule has 0 saturated carbocycles. The number of primary amides is 1. The smallest absolute Gasteiger partial charge is 0.271 e. The van der Waals surface area contributed by atoms with Gasteiger partial charge in [-0.15, -0.1) is 0 Å². The number of thiol groups is 3. The number of nitrogens with one attached hydrogen (secondary N) is 3. The van der Waals surface area contributed by atoms with E-state index in [1.807, 2.05) is 25.1 Å². The predicted octanol–water partition coefficient (Wildman–Crippen LogP) is 2.14. The molecule has 0 bridgehead atoms. The monoisotopic (exact) mass is 724 g/mol. The third kappa shape index (κ3) is 10.7. The summed E-state index contributed by atoms with van der Waals surface area (Å²) in [5.74, 6) is -1.80. The molecule has 5 N–H and O–H groups in total. The number of rotatable bonds is 19. The first-order valence-corrected chi connectivity index (χ1v) is 16.9. The van der Waals surface area contributed by atoms with Gasteiger partial charge in [0.05, 0.1) is 37.2 Å². The van der Waals surface area contributed by atoms with Crippen LogP contribution in [-0.2, 0) is 29.8 Å². The van der Waals surface area contributed by atoms with Gasteiger partial charge in [0.15, 0.2) is 0 Å². The fourth-order valence-electron chi connectivity index (χ4n) is 4.86. The summed E-state index contributed by atoms with van der Waals surface area (Å²) < 4.78 is 6.30. The van der Waals surface area contributed by atoms with Gasteiger partial charge < -0.3 is 25.9 Å². The van der Waals surface area contributed by atoms with Crippen LogP contribution >= 0.6 is 49.8 Å². The Morgan fingerprint density at radius 2 is 1.57 bits per heavy atom. The fraction of sp³-hybridized carbons (Fsp3) is 0.419. The van der Waals surface area contributed by atoms with Crippen molar-refractivity contribution >= 4 is 84.3 Å².